The molecule has 0 radical (unpaired) electrons. The first-order valence-electron chi connectivity index (χ1n) is 4.51. The molecular formula is C8H14N4O3. The normalized spacial score (nSPS) is 19.1. The summed E-state index contributed by atoms with van der Waals surface area (Å²) >= 11 is 0. The van der Waals surface area contributed by atoms with Gasteiger partial charge in [-0.3, -0.25) is 19.8 Å². The van der Waals surface area contributed by atoms with E-state index < -0.39 is 11.9 Å². The number of amides is 3. The average Bonchev–Trinajstić information content (AvgIpc) is 2.21. The van der Waals surface area contributed by atoms with Gasteiger partial charge in [0.25, 0.3) is 5.91 Å². The van der Waals surface area contributed by atoms with E-state index in [0.717, 1.165) is 0 Å². The lowest BCUT2D eigenvalue weighted by Crippen LogP contribution is -2.58. The van der Waals surface area contributed by atoms with Gasteiger partial charge in [-0.15, -0.1) is 0 Å². The fraction of sp³-hybridized carbons (Fsp3) is 0.625. The molecule has 1 heterocycles. The molecule has 0 bridgehead atoms. The summed E-state index contributed by atoms with van der Waals surface area (Å²) in [6.07, 6.45) is 0. The minimum atomic E-state index is -0.722. The van der Waals surface area contributed by atoms with Crippen LogP contribution in [0.3, 0.4) is 0 Å². The molecule has 0 aliphatic carbocycles. The van der Waals surface area contributed by atoms with Crippen LogP contribution in [0.5, 0.6) is 0 Å². The van der Waals surface area contributed by atoms with Crippen molar-refractivity contribution in [1.29, 1.82) is 0 Å². The molecule has 1 saturated heterocycles. The summed E-state index contributed by atoms with van der Waals surface area (Å²) in [5.74, 6) is 4.02. The van der Waals surface area contributed by atoms with Crippen LogP contribution >= 0.6 is 0 Å². The molecule has 1 aliphatic rings. The summed E-state index contributed by atoms with van der Waals surface area (Å²) in [7, 11) is 1.55. The predicted octanol–water partition coefficient (Wildman–Crippen LogP) is -2.33. The highest BCUT2D eigenvalue weighted by molar-refractivity contribution is 5.95. The molecule has 7 nitrogen and oxygen atoms in total. The standard InChI is InChI=1S/C8H14N4O3/c1-5(8(15)10-9)12-4-6(13)11(2)3-7(12)14/h5H,3-4,9H2,1-2H3,(H,10,15). The number of carbonyl (C=O) groups is 3. The van der Waals surface area contributed by atoms with E-state index in [1.165, 1.54) is 16.7 Å². The van der Waals surface area contributed by atoms with Crippen LogP contribution in [0.4, 0.5) is 0 Å². The molecule has 1 fully saturated rings. The number of likely N-dealkylation sites (N-methyl/N-ethyl adjacent to an activating group) is 1. The lowest BCUT2D eigenvalue weighted by Gasteiger charge is -2.34. The molecule has 0 spiro atoms. The van der Waals surface area contributed by atoms with Gasteiger partial charge in [0.2, 0.25) is 11.8 Å². The van der Waals surface area contributed by atoms with Crippen LogP contribution in [0.2, 0.25) is 0 Å². The lowest BCUT2D eigenvalue weighted by molar-refractivity contribution is -0.153. The van der Waals surface area contributed by atoms with Crippen molar-refractivity contribution >= 4 is 17.7 Å². The molecular weight excluding hydrogens is 200 g/mol. The molecule has 1 aliphatic heterocycles. The average molecular weight is 214 g/mol. The van der Waals surface area contributed by atoms with Crippen molar-refractivity contribution in [2.24, 2.45) is 5.84 Å². The predicted molar refractivity (Wildman–Crippen MR) is 51.1 cm³/mol. The number of piperazine rings is 1. The summed E-state index contributed by atoms with van der Waals surface area (Å²) < 4.78 is 0. The van der Waals surface area contributed by atoms with Crippen LogP contribution in [0.1, 0.15) is 6.92 Å². The van der Waals surface area contributed by atoms with Gasteiger partial charge in [-0.2, -0.15) is 0 Å². The van der Waals surface area contributed by atoms with E-state index in [1.54, 1.807) is 7.05 Å². The maximum atomic E-state index is 11.5. The van der Waals surface area contributed by atoms with Crippen LogP contribution in [0.25, 0.3) is 0 Å². The number of rotatable bonds is 2. The molecule has 0 aromatic carbocycles. The Kier molecular flexibility index (Phi) is 3.25. The van der Waals surface area contributed by atoms with Gasteiger partial charge in [0.1, 0.15) is 12.6 Å². The van der Waals surface area contributed by atoms with E-state index in [9.17, 15) is 14.4 Å². The fourth-order valence-corrected chi connectivity index (χ4v) is 1.35. The highest BCUT2D eigenvalue weighted by Crippen LogP contribution is 2.07. The Morgan fingerprint density at radius 2 is 2.00 bits per heavy atom. The lowest BCUT2D eigenvalue weighted by atomic mass is 10.2. The largest absolute Gasteiger partial charge is 0.335 e. The maximum absolute atomic E-state index is 11.5. The van der Waals surface area contributed by atoms with Gasteiger partial charge in [0, 0.05) is 7.05 Å². The first-order chi connectivity index (χ1) is 6.97. The van der Waals surface area contributed by atoms with Crippen molar-refractivity contribution in [2.75, 3.05) is 20.1 Å². The van der Waals surface area contributed by atoms with Crippen LogP contribution in [-0.4, -0.2) is 53.7 Å². The Hall–Kier alpha value is -1.63. The number of nitrogens with zero attached hydrogens (tertiary/aromatic N) is 2. The van der Waals surface area contributed by atoms with Crippen LogP contribution in [-0.2, 0) is 14.4 Å². The van der Waals surface area contributed by atoms with Crippen LogP contribution in [0.15, 0.2) is 0 Å². The van der Waals surface area contributed by atoms with Crippen molar-refractivity contribution < 1.29 is 14.4 Å². The van der Waals surface area contributed by atoms with Crippen molar-refractivity contribution in [3.8, 4) is 0 Å². The van der Waals surface area contributed by atoms with Crippen LogP contribution < -0.4 is 11.3 Å². The molecule has 3 amide bonds. The van der Waals surface area contributed by atoms with Crippen molar-refractivity contribution in [1.82, 2.24) is 15.2 Å². The third-order valence-electron chi connectivity index (χ3n) is 2.41. The zero-order chi connectivity index (χ0) is 11.6. The SMILES string of the molecule is CC(C(=O)NN)N1CC(=O)N(C)CC1=O. The molecule has 1 unspecified atom stereocenters. The quantitative estimate of drug-likeness (QED) is 0.306. The summed E-state index contributed by atoms with van der Waals surface area (Å²) in [5.41, 5.74) is 1.95. The Balaban J connectivity index is 2.74. The maximum Gasteiger partial charge on any atom is 0.256 e. The number of nitrogens with two attached hydrogens (primary N) is 1. The van der Waals surface area contributed by atoms with Gasteiger partial charge in [-0.05, 0) is 6.92 Å². The van der Waals surface area contributed by atoms with Crippen LogP contribution in [0, 0.1) is 0 Å². The fourth-order valence-electron chi connectivity index (χ4n) is 1.35. The molecule has 7 heteroatoms. The summed E-state index contributed by atoms with van der Waals surface area (Å²) in [6.45, 7) is 1.45. The van der Waals surface area contributed by atoms with Crippen molar-refractivity contribution in [3.63, 3.8) is 0 Å². The minimum Gasteiger partial charge on any atom is -0.335 e. The number of nitrogens with one attached hydrogen (secondary N) is 1. The van der Waals surface area contributed by atoms with E-state index in [-0.39, 0.29) is 24.9 Å². The Morgan fingerprint density at radius 3 is 2.53 bits per heavy atom. The van der Waals surface area contributed by atoms with E-state index in [1.807, 2.05) is 5.43 Å². The number of hydrazine groups is 1. The first kappa shape index (κ1) is 11.4. The monoisotopic (exact) mass is 214 g/mol. The molecule has 0 saturated carbocycles. The zero-order valence-electron chi connectivity index (χ0n) is 8.69. The number of hydrogen-bond donors (Lipinski definition) is 2. The molecule has 84 valence electrons. The van der Waals surface area contributed by atoms with Gasteiger partial charge >= 0.3 is 0 Å². The topological polar surface area (TPSA) is 95.7 Å². The third kappa shape index (κ3) is 2.24. The smallest absolute Gasteiger partial charge is 0.256 e. The van der Waals surface area contributed by atoms with E-state index in [0.29, 0.717) is 0 Å². The molecule has 15 heavy (non-hydrogen) atoms. The number of carbonyl (C=O) groups excluding carboxylic acids is 3. The van der Waals surface area contributed by atoms with Gasteiger partial charge in [-0.1, -0.05) is 0 Å². The molecule has 0 aromatic heterocycles. The van der Waals surface area contributed by atoms with E-state index in [2.05, 4.69) is 0 Å². The Labute approximate surface area is 87.2 Å². The summed E-state index contributed by atoms with van der Waals surface area (Å²) in [5, 5.41) is 0. The van der Waals surface area contributed by atoms with Gasteiger partial charge < -0.3 is 9.80 Å². The third-order valence-corrected chi connectivity index (χ3v) is 2.41. The highest BCUT2D eigenvalue weighted by atomic mass is 16.2. The van der Waals surface area contributed by atoms with Gasteiger partial charge in [-0.25, -0.2) is 5.84 Å². The summed E-state index contributed by atoms with van der Waals surface area (Å²) in [6, 6.07) is -0.722. The second kappa shape index (κ2) is 4.26. The Bertz CT molecular complexity index is 302. The second-order valence-corrected chi connectivity index (χ2v) is 3.46. The highest BCUT2D eigenvalue weighted by Gasteiger charge is 2.33. The summed E-state index contributed by atoms with van der Waals surface area (Å²) in [4.78, 5) is 36.6. The zero-order valence-corrected chi connectivity index (χ0v) is 8.69. The Morgan fingerprint density at radius 1 is 1.40 bits per heavy atom. The van der Waals surface area contributed by atoms with E-state index in [4.69, 9.17) is 5.84 Å². The van der Waals surface area contributed by atoms with E-state index >= 15 is 0 Å². The molecule has 1 atom stereocenters. The van der Waals surface area contributed by atoms with Crippen molar-refractivity contribution in [3.05, 3.63) is 0 Å². The van der Waals surface area contributed by atoms with Gasteiger partial charge in [0.15, 0.2) is 0 Å². The van der Waals surface area contributed by atoms with Gasteiger partial charge in [0.05, 0.1) is 6.54 Å². The minimum absolute atomic E-state index is 0.00102. The molecule has 1 rings (SSSR count). The molecule has 0 aromatic rings. The van der Waals surface area contributed by atoms with Crippen molar-refractivity contribution in [2.45, 2.75) is 13.0 Å². The number of hydrogen-bond acceptors (Lipinski definition) is 4. The first-order valence-corrected chi connectivity index (χ1v) is 4.51. The second-order valence-electron chi connectivity index (χ2n) is 3.46. The molecule has 3 N–H and O–H groups in total.